The molecule has 1 fully saturated rings. The lowest BCUT2D eigenvalue weighted by Gasteiger charge is -2.46. The highest BCUT2D eigenvalue weighted by atomic mass is 19.4. The van der Waals surface area contributed by atoms with Gasteiger partial charge in [-0.15, -0.1) is 0 Å². The Morgan fingerprint density at radius 3 is 1.62 bits per heavy atom. The summed E-state index contributed by atoms with van der Waals surface area (Å²) in [4.78, 5) is 0. The first-order valence-electron chi connectivity index (χ1n) is 3.91. The summed E-state index contributed by atoms with van der Waals surface area (Å²) in [6, 6.07) is 0. The van der Waals surface area contributed by atoms with Gasteiger partial charge in [0.05, 0.1) is 5.41 Å². The van der Waals surface area contributed by atoms with Gasteiger partial charge in [-0.05, 0) is 12.8 Å². The van der Waals surface area contributed by atoms with Crippen molar-refractivity contribution in [3.05, 3.63) is 0 Å². The summed E-state index contributed by atoms with van der Waals surface area (Å²) in [6.07, 6.45) is -5.37. The Balaban J connectivity index is 2.90. The molecular weight excluding hydrogens is 193 g/mol. The van der Waals surface area contributed by atoms with Gasteiger partial charge >= 0.3 is 12.1 Å². The normalized spacial score (nSPS) is 22.6. The fourth-order valence-electron chi connectivity index (χ4n) is 1.55. The summed E-state index contributed by atoms with van der Waals surface area (Å²) in [5.74, 6) is -4.65. The van der Waals surface area contributed by atoms with E-state index >= 15 is 0 Å². The van der Waals surface area contributed by atoms with Gasteiger partial charge < -0.3 is 5.73 Å². The maximum Gasteiger partial charge on any atom is 0.453 e. The quantitative estimate of drug-likeness (QED) is 0.685. The van der Waals surface area contributed by atoms with Crippen LogP contribution in [0.2, 0.25) is 0 Å². The summed E-state index contributed by atoms with van der Waals surface area (Å²) in [6.45, 7) is -0.612. The third-order valence-electron chi connectivity index (χ3n) is 2.72. The van der Waals surface area contributed by atoms with Crippen LogP contribution in [0.4, 0.5) is 22.0 Å². The van der Waals surface area contributed by atoms with E-state index in [9.17, 15) is 22.0 Å². The minimum Gasteiger partial charge on any atom is -0.330 e. The van der Waals surface area contributed by atoms with Crippen molar-refractivity contribution >= 4 is 0 Å². The van der Waals surface area contributed by atoms with E-state index in [0.717, 1.165) is 0 Å². The van der Waals surface area contributed by atoms with Gasteiger partial charge in [-0.25, -0.2) is 0 Å². The molecule has 78 valence electrons. The van der Waals surface area contributed by atoms with Gasteiger partial charge in [0, 0.05) is 6.54 Å². The zero-order chi connectivity index (χ0) is 10.3. The number of hydrogen-bond acceptors (Lipinski definition) is 1. The standard InChI is InChI=1S/C7H10F5N/c8-6(9,7(10,11)12)5(4-13)2-1-3-5/h1-4,13H2. The molecule has 1 saturated carbocycles. The Bertz CT molecular complexity index is 188. The molecule has 0 aromatic rings. The molecule has 0 radical (unpaired) electrons. The van der Waals surface area contributed by atoms with E-state index in [4.69, 9.17) is 5.73 Å². The van der Waals surface area contributed by atoms with Crippen molar-refractivity contribution in [3.8, 4) is 0 Å². The molecule has 0 bridgehead atoms. The van der Waals surface area contributed by atoms with Gasteiger partial charge in [0.1, 0.15) is 0 Å². The average molecular weight is 203 g/mol. The molecular formula is C7H10F5N. The Labute approximate surface area is 72.1 Å². The number of rotatable bonds is 2. The van der Waals surface area contributed by atoms with Crippen LogP contribution in [0.1, 0.15) is 19.3 Å². The first-order valence-corrected chi connectivity index (χ1v) is 3.91. The van der Waals surface area contributed by atoms with E-state index in [1.165, 1.54) is 0 Å². The fraction of sp³-hybridized carbons (Fsp3) is 1.00. The summed E-state index contributed by atoms with van der Waals surface area (Å²) in [7, 11) is 0. The van der Waals surface area contributed by atoms with Crippen LogP contribution in [0.3, 0.4) is 0 Å². The van der Waals surface area contributed by atoms with Gasteiger partial charge in [0.25, 0.3) is 0 Å². The maximum absolute atomic E-state index is 12.8. The predicted molar refractivity (Wildman–Crippen MR) is 36.3 cm³/mol. The van der Waals surface area contributed by atoms with Crippen molar-refractivity contribution in [1.29, 1.82) is 0 Å². The van der Waals surface area contributed by atoms with Crippen LogP contribution >= 0.6 is 0 Å². The first kappa shape index (κ1) is 10.7. The van der Waals surface area contributed by atoms with Gasteiger partial charge in [-0.1, -0.05) is 6.42 Å². The molecule has 0 aromatic heterocycles. The van der Waals surface area contributed by atoms with E-state index in [1.54, 1.807) is 0 Å². The molecule has 0 spiro atoms. The molecule has 1 aliphatic rings. The van der Waals surface area contributed by atoms with Crippen LogP contribution in [0.25, 0.3) is 0 Å². The van der Waals surface area contributed by atoms with Crippen molar-refractivity contribution in [1.82, 2.24) is 0 Å². The Kier molecular flexibility index (Phi) is 2.30. The minimum atomic E-state index is -5.48. The smallest absolute Gasteiger partial charge is 0.330 e. The maximum atomic E-state index is 12.8. The molecule has 1 aliphatic carbocycles. The van der Waals surface area contributed by atoms with Gasteiger partial charge in [0.2, 0.25) is 0 Å². The summed E-state index contributed by atoms with van der Waals surface area (Å²) < 4.78 is 61.4. The van der Waals surface area contributed by atoms with Gasteiger partial charge in [0.15, 0.2) is 0 Å². The van der Waals surface area contributed by atoms with Crippen LogP contribution in [0.15, 0.2) is 0 Å². The highest BCUT2D eigenvalue weighted by Crippen LogP contribution is 2.57. The second-order valence-electron chi connectivity index (χ2n) is 3.41. The predicted octanol–water partition coefficient (Wildman–Crippen LogP) is 2.31. The highest BCUT2D eigenvalue weighted by Gasteiger charge is 2.70. The largest absolute Gasteiger partial charge is 0.453 e. The lowest BCUT2D eigenvalue weighted by Crippen LogP contribution is -2.58. The van der Waals surface area contributed by atoms with Gasteiger partial charge in [-0.2, -0.15) is 22.0 Å². The third-order valence-corrected chi connectivity index (χ3v) is 2.72. The first-order chi connectivity index (χ1) is 5.77. The lowest BCUT2D eigenvalue weighted by molar-refractivity contribution is -0.337. The van der Waals surface area contributed by atoms with E-state index < -0.39 is 24.1 Å². The molecule has 1 rings (SSSR count). The monoisotopic (exact) mass is 203 g/mol. The van der Waals surface area contributed by atoms with Gasteiger partial charge in [-0.3, -0.25) is 0 Å². The number of nitrogens with two attached hydrogens (primary N) is 1. The van der Waals surface area contributed by atoms with Crippen LogP contribution in [-0.2, 0) is 0 Å². The van der Waals surface area contributed by atoms with E-state index in [0.29, 0.717) is 6.42 Å². The zero-order valence-corrected chi connectivity index (χ0v) is 6.80. The van der Waals surface area contributed by atoms with Crippen molar-refractivity contribution in [3.63, 3.8) is 0 Å². The Hall–Kier alpha value is -0.390. The SMILES string of the molecule is NCC1(C(F)(F)C(F)(F)F)CCC1. The number of hydrogen-bond donors (Lipinski definition) is 1. The van der Waals surface area contributed by atoms with Crippen molar-refractivity contribution in [2.75, 3.05) is 6.54 Å². The molecule has 0 atom stereocenters. The lowest BCUT2D eigenvalue weighted by atomic mass is 9.64. The fourth-order valence-corrected chi connectivity index (χ4v) is 1.55. The van der Waals surface area contributed by atoms with Crippen LogP contribution < -0.4 is 5.73 Å². The van der Waals surface area contributed by atoms with E-state index in [1.807, 2.05) is 0 Å². The van der Waals surface area contributed by atoms with Crippen molar-refractivity contribution in [2.24, 2.45) is 11.1 Å². The van der Waals surface area contributed by atoms with Crippen LogP contribution in [0, 0.1) is 5.41 Å². The second kappa shape index (κ2) is 2.80. The molecule has 2 N–H and O–H groups in total. The topological polar surface area (TPSA) is 26.0 Å². The Morgan fingerprint density at radius 1 is 1.08 bits per heavy atom. The molecule has 0 unspecified atom stereocenters. The summed E-state index contributed by atoms with van der Waals surface area (Å²) >= 11 is 0. The number of halogens is 5. The summed E-state index contributed by atoms with van der Waals surface area (Å²) in [5, 5.41) is 0. The molecule has 1 nitrogen and oxygen atoms in total. The number of alkyl halides is 5. The van der Waals surface area contributed by atoms with Crippen LogP contribution in [0.5, 0.6) is 0 Å². The molecule has 13 heavy (non-hydrogen) atoms. The second-order valence-corrected chi connectivity index (χ2v) is 3.41. The summed E-state index contributed by atoms with van der Waals surface area (Å²) in [5.41, 5.74) is 2.94. The molecule has 0 aliphatic heterocycles. The molecule has 0 aromatic carbocycles. The van der Waals surface area contributed by atoms with E-state index in [-0.39, 0.29) is 12.8 Å². The molecule has 6 heteroatoms. The highest BCUT2D eigenvalue weighted by molar-refractivity contribution is 5.02. The molecule has 0 saturated heterocycles. The zero-order valence-electron chi connectivity index (χ0n) is 6.80. The van der Waals surface area contributed by atoms with Crippen molar-refractivity contribution in [2.45, 2.75) is 31.4 Å². The average Bonchev–Trinajstić information content (AvgIpc) is 1.82. The molecule has 0 amide bonds. The third kappa shape index (κ3) is 1.31. The molecule has 0 heterocycles. The minimum absolute atomic E-state index is 0.143. The Morgan fingerprint density at radius 2 is 1.54 bits per heavy atom. The van der Waals surface area contributed by atoms with Crippen LogP contribution in [-0.4, -0.2) is 18.6 Å². The van der Waals surface area contributed by atoms with Crippen molar-refractivity contribution < 1.29 is 22.0 Å². The van der Waals surface area contributed by atoms with E-state index in [2.05, 4.69) is 0 Å².